The molecule has 2 N–H and O–H groups in total. The number of phenolic OH excluding ortho intramolecular Hbond substituents is 2. The molecule has 5 heteroatoms. The summed E-state index contributed by atoms with van der Waals surface area (Å²) in [5, 5.41) is 25.7. The van der Waals surface area contributed by atoms with Crippen LogP contribution in [0, 0.1) is 6.92 Å². The largest absolute Gasteiger partial charge is 0.504 e. The van der Waals surface area contributed by atoms with Gasteiger partial charge in [-0.3, -0.25) is 0 Å². The Labute approximate surface area is 303 Å². The number of benzene rings is 4. The maximum absolute atomic E-state index is 10.6. The van der Waals surface area contributed by atoms with E-state index in [1.54, 1.807) is 0 Å². The number of hydrogen-bond acceptors (Lipinski definition) is 4. The minimum absolute atomic E-state index is 0.0539. The van der Waals surface area contributed by atoms with Crippen molar-refractivity contribution in [3.05, 3.63) is 102 Å². The molecule has 0 spiro atoms. The monoisotopic (exact) mass is 698 g/mol. The smallest absolute Gasteiger partial charge is 0.207 e. The van der Waals surface area contributed by atoms with Crippen molar-refractivity contribution in [3.8, 4) is 23.0 Å². The van der Waals surface area contributed by atoms with Crippen molar-refractivity contribution in [2.75, 3.05) is 20.4 Å². The first-order valence-corrected chi connectivity index (χ1v) is 21.6. The Balaban J connectivity index is 1.04. The van der Waals surface area contributed by atoms with E-state index in [0.29, 0.717) is 5.56 Å². The van der Waals surface area contributed by atoms with Crippen LogP contribution >= 0.6 is 7.26 Å². The summed E-state index contributed by atoms with van der Waals surface area (Å²) < 4.78 is 10.5. The third kappa shape index (κ3) is 10.8. The Kier molecular flexibility index (Phi) is 17.0. The topological polar surface area (TPSA) is 58.9 Å². The average molecular weight is 699 g/mol. The Bertz CT molecular complexity index is 1410. The standard InChI is InChI=1S/C45H63O4P/c1-37-41(43(47)45(49-3)44(48-2)42(37)46)35-27-16-14-12-10-8-6-4-5-7-9-11-13-15-17-28-36-50(38-29-21-18-22-30-38,39-31-23-19-24-32-39)40-33-25-20-26-34-40/h18-26,29-34,46-47,50H,4-17,27-28,35-36H2,1-3H3. The summed E-state index contributed by atoms with van der Waals surface area (Å²) in [6.07, 6.45) is 22.8. The van der Waals surface area contributed by atoms with Gasteiger partial charge in [-0.05, 0) is 19.8 Å². The van der Waals surface area contributed by atoms with Gasteiger partial charge in [0.1, 0.15) is 0 Å². The molecule has 0 heterocycles. The van der Waals surface area contributed by atoms with Crippen molar-refractivity contribution in [1.29, 1.82) is 0 Å². The van der Waals surface area contributed by atoms with Crippen LogP contribution < -0.4 is 25.4 Å². The summed E-state index contributed by atoms with van der Waals surface area (Å²) in [6.45, 7) is 1.82. The molecular weight excluding hydrogens is 635 g/mol. The van der Waals surface area contributed by atoms with Crippen LogP contribution in [0.2, 0.25) is 0 Å². The zero-order valence-electron chi connectivity index (χ0n) is 31.1. The molecule has 0 saturated carbocycles. The van der Waals surface area contributed by atoms with Gasteiger partial charge in [-0.2, -0.15) is 0 Å². The van der Waals surface area contributed by atoms with Crippen LogP contribution in [0.5, 0.6) is 23.0 Å². The quantitative estimate of drug-likeness (QED) is 0.0434. The molecule has 4 aromatic carbocycles. The van der Waals surface area contributed by atoms with Gasteiger partial charge >= 0.3 is 191 Å². The molecule has 4 rings (SSSR count). The molecule has 272 valence electrons. The second-order valence-electron chi connectivity index (χ2n) is 14.0. The summed E-state index contributed by atoms with van der Waals surface area (Å²) in [7, 11) is 0.870. The molecule has 0 aromatic heterocycles. The Morgan fingerprint density at radius 2 is 0.760 bits per heavy atom. The summed E-state index contributed by atoms with van der Waals surface area (Å²) in [5.74, 6) is 0.554. The van der Waals surface area contributed by atoms with Gasteiger partial charge in [0, 0.05) is 11.1 Å². The third-order valence-electron chi connectivity index (χ3n) is 10.7. The van der Waals surface area contributed by atoms with Crippen molar-refractivity contribution in [3.63, 3.8) is 0 Å². The van der Waals surface area contributed by atoms with Gasteiger partial charge in [0.2, 0.25) is 11.5 Å². The molecule has 4 nitrogen and oxygen atoms in total. The molecule has 0 amide bonds. The molecular formula is C45H63O4P. The number of phenols is 2. The molecule has 0 aliphatic carbocycles. The van der Waals surface area contributed by atoms with Crippen molar-refractivity contribution in [2.24, 2.45) is 0 Å². The van der Waals surface area contributed by atoms with Gasteiger partial charge in [0.05, 0.1) is 14.2 Å². The maximum Gasteiger partial charge on any atom is 0.207 e. The van der Waals surface area contributed by atoms with E-state index in [9.17, 15) is 10.2 Å². The molecule has 0 unspecified atom stereocenters. The van der Waals surface area contributed by atoms with E-state index in [-0.39, 0.29) is 23.0 Å². The minimum atomic E-state index is -2.08. The summed E-state index contributed by atoms with van der Waals surface area (Å²) >= 11 is 0. The van der Waals surface area contributed by atoms with Gasteiger partial charge in [0.25, 0.3) is 0 Å². The molecule has 4 aromatic rings. The Hall–Kier alpha value is -3.49. The second kappa shape index (κ2) is 21.7. The van der Waals surface area contributed by atoms with Crippen LogP contribution in [0.25, 0.3) is 0 Å². The molecule has 0 aliphatic rings. The van der Waals surface area contributed by atoms with Crippen molar-refractivity contribution in [1.82, 2.24) is 0 Å². The first-order valence-electron chi connectivity index (χ1n) is 19.4. The van der Waals surface area contributed by atoms with E-state index in [1.807, 2.05) is 6.92 Å². The average Bonchev–Trinajstić information content (AvgIpc) is 3.16. The van der Waals surface area contributed by atoms with E-state index in [1.165, 1.54) is 126 Å². The van der Waals surface area contributed by atoms with Crippen LogP contribution in [0.1, 0.15) is 114 Å². The van der Waals surface area contributed by atoms with Gasteiger partial charge in [-0.1, -0.05) is 25.7 Å². The number of ether oxygens (including phenoxy) is 2. The number of aromatic hydroxyl groups is 2. The van der Waals surface area contributed by atoms with Crippen LogP contribution in [0.4, 0.5) is 0 Å². The Morgan fingerprint density at radius 1 is 0.440 bits per heavy atom. The number of hydrogen-bond donors (Lipinski definition) is 2. The molecule has 0 saturated heterocycles. The van der Waals surface area contributed by atoms with Crippen LogP contribution in [-0.4, -0.2) is 30.6 Å². The minimum Gasteiger partial charge on any atom is -0.504 e. The molecule has 0 atom stereocenters. The third-order valence-corrected chi connectivity index (χ3v) is 15.7. The normalized spacial score (nSPS) is 11.8. The van der Waals surface area contributed by atoms with Gasteiger partial charge in [-0.25, -0.2) is 0 Å². The van der Waals surface area contributed by atoms with Gasteiger partial charge in [0.15, 0.2) is 11.5 Å². The fourth-order valence-corrected chi connectivity index (χ4v) is 12.7. The molecule has 0 aliphatic heterocycles. The zero-order chi connectivity index (χ0) is 35.4. The first-order chi connectivity index (χ1) is 24.5. The van der Waals surface area contributed by atoms with Crippen molar-refractivity contribution in [2.45, 2.75) is 116 Å². The van der Waals surface area contributed by atoms with E-state index in [2.05, 4.69) is 91.0 Å². The fraction of sp³-hybridized carbons (Fsp3) is 0.467. The second-order valence-corrected chi connectivity index (χ2v) is 18.1. The Morgan fingerprint density at radius 3 is 1.12 bits per heavy atom. The summed E-state index contributed by atoms with van der Waals surface area (Å²) in [6, 6.07) is 34.0. The van der Waals surface area contributed by atoms with Crippen LogP contribution in [0.3, 0.4) is 0 Å². The van der Waals surface area contributed by atoms with E-state index < -0.39 is 7.26 Å². The maximum atomic E-state index is 10.6. The van der Waals surface area contributed by atoms with Crippen LogP contribution in [-0.2, 0) is 6.42 Å². The molecule has 50 heavy (non-hydrogen) atoms. The van der Waals surface area contributed by atoms with E-state index >= 15 is 0 Å². The fourth-order valence-electron chi connectivity index (χ4n) is 7.80. The molecule has 0 bridgehead atoms. The van der Waals surface area contributed by atoms with Crippen molar-refractivity contribution >= 4 is 23.2 Å². The van der Waals surface area contributed by atoms with Crippen LogP contribution in [0.15, 0.2) is 91.0 Å². The van der Waals surface area contributed by atoms with Gasteiger partial charge < -0.3 is 19.7 Å². The summed E-state index contributed by atoms with van der Waals surface area (Å²) in [4.78, 5) is 0. The summed E-state index contributed by atoms with van der Waals surface area (Å²) in [5.41, 5.74) is 1.43. The zero-order valence-corrected chi connectivity index (χ0v) is 32.1. The molecule has 0 fully saturated rings. The molecule has 0 radical (unpaired) electrons. The predicted octanol–water partition coefficient (Wildman–Crippen LogP) is 10.9. The van der Waals surface area contributed by atoms with Crippen molar-refractivity contribution < 1.29 is 19.7 Å². The first kappa shape index (κ1) is 39.3. The SMILES string of the molecule is COc1c(O)c(C)c(CCCCCCCCCCCCCCCCCC[PH](c2ccccc2)(c2ccccc2)c2ccccc2)c(O)c1OC. The number of unbranched alkanes of at least 4 members (excludes halogenated alkanes) is 15. The number of rotatable bonds is 24. The van der Waals surface area contributed by atoms with Gasteiger partial charge in [-0.15, -0.1) is 0 Å². The van der Waals surface area contributed by atoms with E-state index in [0.717, 1.165) is 24.8 Å². The number of methoxy groups -OCH3 is 2. The van der Waals surface area contributed by atoms with E-state index in [4.69, 9.17) is 9.47 Å². The predicted molar refractivity (Wildman–Crippen MR) is 217 cm³/mol.